The molecule has 2 aromatic heterocycles. The summed E-state index contributed by atoms with van der Waals surface area (Å²) in [5.74, 6) is 0.903. The predicted molar refractivity (Wildman–Crippen MR) is 152 cm³/mol. The molecule has 1 aliphatic heterocycles. The van der Waals surface area contributed by atoms with Crippen LogP contribution in [0.4, 0.5) is 32.3 Å². The molecular weight excluding hydrogens is 574 g/mol. The molecule has 0 spiro atoms. The van der Waals surface area contributed by atoms with Gasteiger partial charge in [0.2, 0.25) is 5.95 Å². The van der Waals surface area contributed by atoms with Crippen LogP contribution in [0.5, 0.6) is 0 Å². The van der Waals surface area contributed by atoms with Gasteiger partial charge in [0, 0.05) is 44.5 Å². The third-order valence-electron chi connectivity index (χ3n) is 8.63. The first kappa shape index (κ1) is 32.9. The van der Waals surface area contributed by atoms with Crippen molar-refractivity contribution in [2.75, 3.05) is 31.1 Å². The van der Waals surface area contributed by atoms with Gasteiger partial charge in [-0.25, -0.2) is 15.1 Å². The molecule has 238 valence electrons. The van der Waals surface area contributed by atoms with E-state index >= 15 is 0 Å². The molecule has 2 aliphatic carbocycles. The van der Waals surface area contributed by atoms with Crippen LogP contribution in [0.1, 0.15) is 101 Å². The summed E-state index contributed by atoms with van der Waals surface area (Å²) in [5.41, 5.74) is 0.549. The maximum Gasteiger partial charge on any atom is 0.422 e. The molecule has 5 rings (SSSR count). The second kappa shape index (κ2) is 13.8. The molecule has 1 unspecified atom stereocenters. The van der Waals surface area contributed by atoms with Gasteiger partial charge in [0.15, 0.2) is 0 Å². The monoisotopic (exact) mass is 614 g/mol. The highest BCUT2D eigenvalue weighted by molar-refractivity contribution is 5.37. The number of aromatic nitrogens is 4. The minimum atomic E-state index is -4.63. The number of H-pyrrole nitrogens is 1. The summed E-state index contributed by atoms with van der Waals surface area (Å²) in [6, 6.07) is -0.103. The normalized spacial score (nSPS) is 18.8. The standard InChI is InChI=1S/C17H20F3N3O.C13H20F3N3/c1-9(10-3-2-4-10)11-7-23(8-11)13-6-5-12-14(17(18,19)20)16(24)22-21-15(12)13;1-3-5-6-8-19(7-4-2)12-17-9-11(10-18-12)13(14,15)16/h11,13H,2-8H2,1H3,(H,22,24);9-10H,3-8H2,1-2H3. The van der Waals surface area contributed by atoms with E-state index in [-0.39, 0.29) is 18.0 Å². The molecule has 3 aliphatic rings. The summed E-state index contributed by atoms with van der Waals surface area (Å²) in [6.45, 7) is 9.62. The van der Waals surface area contributed by atoms with Crippen LogP contribution in [0, 0.1) is 5.92 Å². The summed E-state index contributed by atoms with van der Waals surface area (Å²) in [5, 5.41) is 6.01. The van der Waals surface area contributed by atoms with Crippen molar-refractivity contribution in [2.24, 2.45) is 5.92 Å². The highest BCUT2D eigenvalue weighted by Crippen LogP contribution is 2.44. The minimum absolute atomic E-state index is 0.0915. The Hall–Kier alpha value is -2.96. The van der Waals surface area contributed by atoms with Crippen molar-refractivity contribution in [3.8, 4) is 0 Å². The van der Waals surface area contributed by atoms with Crippen molar-refractivity contribution < 1.29 is 26.3 Å². The van der Waals surface area contributed by atoms with Gasteiger partial charge in [-0.3, -0.25) is 9.69 Å². The summed E-state index contributed by atoms with van der Waals surface area (Å²) >= 11 is 0. The summed E-state index contributed by atoms with van der Waals surface area (Å²) in [4.78, 5) is 23.4. The first-order chi connectivity index (χ1) is 20.3. The van der Waals surface area contributed by atoms with Crippen molar-refractivity contribution in [1.29, 1.82) is 0 Å². The second-order valence-electron chi connectivity index (χ2n) is 11.6. The molecule has 1 atom stereocenters. The molecule has 43 heavy (non-hydrogen) atoms. The van der Waals surface area contributed by atoms with Crippen molar-refractivity contribution in [2.45, 2.75) is 97.0 Å². The first-order valence-corrected chi connectivity index (χ1v) is 15.1. The van der Waals surface area contributed by atoms with Crippen LogP contribution in [0.25, 0.3) is 0 Å². The topological polar surface area (TPSA) is 78.0 Å². The number of alkyl halides is 6. The summed E-state index contributed by atoms with van der Waals surface area (Å²) < 4.78 is 76.8. The van der Waals surface area contributed by atoms with Crippen molar-refractivity contribution in [3.05, 3.63) is 56.3 Å². The first-order valence-electron chi connectivity index (χ1n) is 15.1. The molecule has 1 N–H and O–H groups in total. The molecule has 1 saturated heterocycles. The molecule has 0 amide bonds. The third-order valence-corrected chi connectivity index (χ3v) is 8.63. The molecule has 0 radical (unpaired) electrons. The highest BCUT2D eigenvalue weighted by Gasteiger charge is 2.44. The average Bonchev–Trinajstić information content (AvgIpc) is 3.28. The second-order valence-corrected chi connectivity index (χ2v) is 11.6. The molecule has 2 aromatic rings. The van der Waals surface area contributed by atoms with Crippen LogP contribution in [0.2, 0.25) is 0 Å². The zero-order valence-electron chi connectivity index (χ0n) is 24.9. The van der Waals surface area contributed by atoms with E-state index in [0.29, 0.717) is 24.0 Å². The number of allylic oxidation sites excluding steroid dienone is 1. The molecule has 7 nitrogen and oxygen atoms in total. The largest absolute Gasteiger partial charge is 0.422 e. The van der Waals surface area contributed by atoms with Crippen molar-refractivity contribution in [3.63, 3.8) is 0 Å². The van der Waals surface area contributed by atoms with Gasteiger partial charge in [-0.05, 0) is 57.4 Å². The molecular formula is C30H40F6N6O. The van der Waals surface area contributed by atoms with E-state index in [1.54, 1.807) is 5.57 Å². The Balaban J connectivity index is 0.000000204. The Kier molecular flexibility index (Phi) is 10.6. The number of nitrogens with zero attached hydrogens (tertiary/aromatic N) is 5. The zero-order chi connectivity index (χ0) is 31.4. The lowest BCUT2D eigenvalue weighted by atomic mass is 9.80. The van der Waals surface area contributed by atoms with Gasteiger partial charge in [-0.1, -0.05) is 37.8 Å². The fourth-order valence-corrected chi connectivity index (χ4v) is 5.94. The van der Waals surface area contributed by atoms with E-state index in [0.717, 1.165) is 64.3 Å². The maximum absolute atomic E-state index is 13.2. The third kappa shape index (κ3) is 7.77. The van der Waals surface area contributed by atoms with E-state index in [4.69, 9.17) is 0 Å². The number of nitrogens with one attached hydrogen (secondary N) is 1. The lowest BCUT2D eigenvalue weighted by molar-refractivity contribution is -0.139. The average molecular weight is 615 g/mol. The van der Waals surface area contributed by atoms with Crippen LogP contribution in [-0.4, -0.2) is 51.2 Å². The number of hydrogen-bond donors (Lipinski definition) is 1. The quantitative estimate of drug-likeness (QED) is 0.184. The predicted octanol–water partition coefficient (Wildman–Crippen LogP) is 7.11. The lowest BCUT2D eigenvalue weighted by Gasteiger charge is -2.45. The Bertz CT molecular complexity index is 1310. The molecule has 3 heterocycles. The van der Waals surface area contributed by atoms with Crippen LogP contribution in [0.15, 0.2) is 28.3 Å². The van der Waals surface area contributed by atoms with Gasteiger partial charge in [-0.15, -0.1) is 0 Å². The zero-order valence-corrected chi connectivity index (χ0v) is 24.9. The van der Waals surface area contributed by atoms with E-state index in [1.807, 2.05) is 16.9 Å². The summed E-state index contributed by atoms with van der Waals surface area (Å²) in [6.07, 6.45) is 1.36. The van der Waals surface area contributed by atoms with Crippen molar-refractivity contribution >= 4 is 5.95 Å². The van der Waals surface area contributed by atoms with E-state index < -0.39 is 29.0 Å². The molecule has 13 heteroatoms. The fourth-order valence-electron chi connectivity index (χ4n) is 5.94. The van der Waals surface area contributed by atoms with E-state index in [9.17, 15) is 31.1 Å². The van der Waals surface area contributed by atoms with Crippen LogP contribution in [-0.2, 0) is 18.8 Å². The fraction of sp³-hybridized carbons (Fsp3) is 0.667. The Labute approximate surface area is 247 Å². The molecule has 0 bridgehead atoms. The number of fused-ring (bicyclic) bond motifs is 1. The van der Waals surface area contributed by atoms with Gasteiger partial charge in [0.25, 0.3) is 5.56 Å². The minimum Gasteiger partial charge on any atom is -0.341 e. The lowest BCUT2D eigenvalue weighted by Crippen LogP contribution is -2.49. The number of rotatable bonds is 9. The molecule has 0 aromatic carbocycles. The number of unbranched alkanes of at least 4 members (excludes halogenated alkanes) is 2. The van der Waals surface area contributed by atoms with Crippen molar-refractivity contribution in [1.82, 2.24) is 25.1 Å². The number of aromatic amines is 1. The Morgan fingerprint density at radius 3 is 2.19 bits per heavy atom. The van der Waals surface area contributed by atoms with E-state index in [2.05, 4.69) is 33.8 Å². The van der Waals surface area contributed by atoms with Gasteiger partial charge in [-0.2, -0.15) is 31.4 Å². The number of anilines is 1. The van der Waals surface area contributed by atoms with Gasteiger partial charge in [0.1, 0.15) is 5.56 Å². The van der Waals surface area contributed by atoms with Crippen LogP contribution >= 0.6 is 0 Å². The van der Waals surface area contributed by atoms with Crippen LogP contribution in [0.3, 0.4) is 0 Å². The Morgan fingerprint density at radius 2 is 1.65 bits per heavy atom. The SMILES string of the molecule is CC(=C1CCC1)C1CN(C2CCc3c2n[nH]c(=O)c3C(F)(F)F)C1.CCCCCN(CCC)c1ncc(C(F)(F)F)cn1. The van der Waals surface area contributed by atoms with Gasteiger partial charge in [0.05, 0.1) is 17.3 Å². The summed E-state index contributed by atoms with van der Waals surface area (Å²) in [7, 11) is 0. The van der Waals surface area contributed by atoms with Crippen LogP contribution < -0.4 is 10.5 Å². The number of hydrogen-bond acceptors (Lipinski definition) is 6. The molecule has 1 saturated carbocycles. The maximum atomic E-state index is 13.2. The van der Waals surface area contributed by atoms with Gasteiger partial charge < -0.3 is 4.90 Å². The Morgan fingerprint density at radius 1 is 0.977 bits per heavy atom. The number of likely N-dealkylation sites (tertiary alicyclic amines) is 1. The molecule has 2 fully saturated rings. The highest BCUT2D eigenvalue weighted by atomic mass is 19.4. The van der Waals surface area contributed by atoms with E-state index in [1.165, 1.54) is 24.8 Å². The number of halogens is 6. The smallest absolute Gasteiger partial charge is 0.341 e. The van der Waals surface area contributed by atoms with Gasteiger partial charge >= 0.3 is 12.4 Å².